The first kappa shape index (κ1) is 10.7. The van der Waals surface area contributed by atoms with Crippen LogP contribution in [0.5, 0.6) is 0 Å². The zero-order chi connectivity index (χ0) is 10.8. The van der Waals surface area contributed by atoms with Gasteiger partial charge in [0.05, 0.1) is 5.56 Å². The van der Waals surface area contributed by atoms with Crippen LogP contribution in [-0.4, -0.2) is 11.9 Å². The van der Waals surface area contributed by atoms with Crippen LogP contribution in [0, 0.1) is 5.92 Å². The lowest BCUT2D eigenvalue weighted by molar-refractivity contribution is 0.0935. The quantitative estimate of drug-likeness (QED) is 0.897. The summed E-state index contributed by atoms with van der Waals surface area (Å²) in [6.45, 7) is 2.08. The normalized spacial score (nSPS) is 17.2. The second-order valence-electron chi connectivity index (χ2n) is 4.08. The Bertz CT molecular complexity index is 374. The molecule has 80 valence electrons. The van der Waals surface area contributed by atoms with Gasteiger partial charge in [0, 0.05) is 10.5 Å². The van der Waals surface area contributed by atoms with Gasteiger partial charge in [0.25, 0.3) is 5.91 Å². The highest BCUT2D eigenvalue weighted by atomic mass is 79.9. The molecule has 0 spiro atoms. The molecule has 0 bridgehead atoms. The van der Waals surface area contributed by atoms with Crippen molar-refractivity contribution in [1.29, 1.82) is 0 Å². The number of rotatable bonds is 3. The molecule has 1 N–H and O–H groups in total. The molecule has 1 aliphatic carbocycles. The third kappa shape index (κ3) is 2.59. The topological polar surface area (TPSA) is 29.1 Å². The largest absolute Gasteiger partial charge is 0.349 e. The maximum Gasteiger partial charge on any atom is 0.252 e. The Hall–Kier alpha value is -0.830. The Morgan fingerprint density at radius 2 is 2.13 bits per heavy atom. The molecule has 1 aromatic rings. The number of hydrogen-bond acceptors (Lipinski definition) is 1. The number of amides is 1. The molecule has 3 heteroatoms. The van der Waals surface area contributed by atoms with Crippen LogP contribution in [0.15, 0.2) is 28.7 Å². The average Bonchev–Trinajstić information content (AvgIpc) is 3.01. The fourth-order valence-electron chi connectivity index (χ4n) is 1.64. The van der Waals surface area contributed by atoms with E-state index in [1.165, 1.54) is 12.8 Å². The smallest absolute Gasteiger partial charge is 0.252 e. The monoisotopic (exact) mass is 267 g/mol. The number of carbonyl (C=O) groups is 1. The van der Waals surface area contributed by atoms with Gasteiger partial charge in [-0.3, -0.25) is 4.79 Å². The summed E-state index contributed by atoms with van der Waals surface area (Å²) in [6.07, 6.45) is 2.49. The first-order valence-corrected chi connectivity index (χ1v) is 6.03. The molecule has 1 aliphatic rings. The summed E-state index contributed by atoms with van der Waals surface area (Å²) >= 11 is 3.38. The van der Waals surface area contributed by atoms with Crippen molar-refractivity contribution < 1.29 is 4.79 Å². The van der Waals surface area contributed by atoms with Crippen LogP contribution in [0.4, 0.5) is 0 Å². The van der Waals surface area contributed by atoms with Crippen molar-refractivity contribution in [2.75, 3.05) is 0 Å². The molecule has 0 aliphatic heterocycles. The first-order chi connectivity index (χ1) is 7.18. The predicted octanol–water partition coefficient (Wildman–Crippen LogP) is 2.98. The van der Waals surface area contributed by atoms with Crippen LogP contribution in [-0.2, 0) is 0 Å². The van der Waals surface area contributed by atoms with Crippen molar-refractivity contribution in [3.8, 4) is 0 Å². The number of benzene rings is 1. The maximum atomic E-state index is 11.9. The molecule has 1 unspecified atom stereocenters. The zero-order valence-corrected chi connectivity index (χ0v) is 10.3. The van der Waals surface area contributed by atoms with E-state index in [1.54, 1.807) is 0 Å². The van der Waals surface area contributed by atoms with Gasteiger partial charge >= 0.3 is 0 Å². The lowest BCUT2D eigenvalue weighted by Crippen LogP contribution is -2.34. The van der Waals surface area contributed by atoms with Gasteiger partial charge < -0.3 is 5.32 Å². The molecular weight excluding hydrogens is 254 g/mol. The van der Waals surface area contributed by atoms with E-state index in [0.29, 0.717) is 17.5 Å². The van der Waals surface area contributed by atoms with Crippen LogP contribution < -0.4 is 5.32 Å². The molecule has 0 aromatic heterocycles. The summed E-state index contributed by atoms with van der Waals surface area (Å²) in [5.41, 5.74) is 0.713. The van der Waals surface area contributed by atoms with E-state index in [9.17, 15) is 4.79 Å². The van der Waals surface area contributed by atoms with Crippen molar-refractivity contribution in [1.82, 2.24) is 5.32 Å². The molecule has 2 rings (SSSR count). The molecule has 2 nitrogen and oxygen atoms in total. The van der Waals surface area contributed by atoms with Gasteiger partial charge in [-0.2, -0.15) is 0 Å². The molecule has 0 radical (unpaired) electrons. The van der Waals surface area contributed by atoms with Crippen LogP contribution in [0.3, 0.4) is 0 Å². The van der Waals surface area contributed by atoms with Gasteiger partial charge in [0.15, 0.2) is 0 Å². The van der Waals surface area contributed by atoms with E-state index in [1.807, 2.05) is 24.3 Å². The summed E-state index contributed by atoms with van der Waals surface area (Å²) in [6, 6.07) is 7.80. The Kier molecular flexibility index (Phi) is 3.10. The summed E-state index contributed by atoms with van der Waals surface area (Å²) in [5, 5.41) is 3.03. The highest BCUT2D eigenvalue weighted by molar-refractivity contribution is 9.10. The summed E-state index contributed by atoms with van der Waals surface area (Å²) in [7, 11) is 0. The average molecular weight is 268 g/mol. The van der Waals surface area contributed by atoms with Gasteiger partial charge in [-0.25, -0.2) is 0 Å². The second-order valence-corrected chi connectivity index (χ2v) is 4.93. The molecular formula is C12H14BrNO. The Balaban J connectivity index is 2.04. The minimum atomic E-state index is 0.0156. The number of nitrogens with one attached hydrogen (secondary N) is 1. The summed E-state index contributed by atoms with van der Waals surface area (Å²) in [5.74, 6) is 0.707. The third-order valence-corrected chi connectivity index (χ3v) is 3.50. The lowest BCUT2D eigenvalue weighted by atomic mass is 10.1. The molecule has 1 aromatic carbocycles. The maximum absolute atomic E-state index is 11.9. The lowest BCUT2D eigenvalue weighted by Gasteiger charge is -2.13. The fraction of sp³-hybridized carbons (Fsp3) is 0.417. The van der Waals surface area contributed by atoms with E-state index < -0.39 is 0 Å². The number of halogens is 1. The third-order valence-electron chi connectivity index (χ3n) is 2.81. The van der Waals surface area contributed by atoms with Crippen molar-refractivity contribution >= 4 is 21.8 Å². The number of hydrogen-bond donors (Lipinski definition) is 1. The predicted molar refractivity (Wildman–Crippen MR) is 63.8 cm³/mol. The van der Waals surface area contributed by atoms with Crippen LogP contribution >= 0.6 is 15.9 Å². The number of carbonyl (C=O) groups excluding carboxylic acids is 1. The molecule has 0 saturated heterocycles. The highest BCUT2D eigenvalue weighted by Gasteiger charge is 2.29. The van der Waals surface area contributed by atoms with Crippen LogP contribution in [0.1, 0.15) is 30.1 Å². The Labute approximate surface area is 98.2 Å². The van der Waals surface area contributed by atoms with Gasteiger partial charge in [-0.05, 0) is 53.7 Å². The molecule has 0 heterocycles. The van der Waals surface area contributed by atoms with E-state index in [4.69, 9.17) is 0 Å². The minimum Gasteiger partial charge on any atom is -0.349 e. The SMILES string of the molecule is CC(NC(=O)c1ccccc1Br)C1CC1. The van der Waals surface area contributed by atoms with Crippen LogP contribution in [0.2, 0.25) is 0 Å². The van der Waals surface area contributed by atoms with Crippen molar-refractivity contribution in [2.45, 2.75) is 25.8 Å². The second kappa shape index (κ2) is 4.35. The van der Waals surface area contributed by atoms with E-state index in [-0.39, 0.29) is 5.91 Å². The summed E-state index contributed by atoms with van der Waals surface area (Å²) < 4.78 is 0.852. The van der Waals surface area contributed by atoms with Gasteiger partial charge in [0.1, 0.15) is 0 Å². The van der Waals surface area contributed by atoms with Crippen molar-refractivity contribution in [2.24, 2.45) is 5.92 Å². The Morgan fingerprint density at radius 1 is 1.47 bits per heavy atom. The fourth-order valence-corrected chi connectivity index (χ4v) is 2.11. The Morgan fingerprint density at radius 3 is 2.73 bits per heavy atom. The van der Waals surface area contributed by atoms with Crippen LogP contribution in [0.25, 0.3) is 0 Å². The molecule has 1 fully saturated rings. The first-order valence-electron chi connectivity index (χ1n) is 5.24. The van der Waals surface area contributed by atoms with Crippen molar-refractivity contribution in [3.05, 3.63) is 34.3 Å². The van der Waals surface area contributed by atoms with Crippen molar-refractivity contribution in [3.63, 3.8) is 0 Å². The molecule has 1 atom stereocenters. The molecule has 1 saturated carbocycles. The summed E-state index contributed by atoms with van der Waals surface area (Å²) in [4.78, 5) is 11.9. The molecule has 1 amide bonds. The van der Waals surface area contributed by atoms with E-state index in [2.05, 4.69) is 28.2 Å². The highest BCUT2D eigenvalue weighted by Crippen LogP contribution is 2.32. The standard InChI is InChI=1S/C12H14BrNO/c1-8(9-6-7-9)14-12(15)10-4-2-3-5-11(10)13/h2-5,8-9H,6-7H2,1H3,(H,14,15). The van der Waals surface area contributed by atoms with Gasteiger partial charge in [0.2, 0.25) is 0 Å². The van der Waals surface area contributed by atoms with E-state index in [0.717, 1.165) is 4.47 Å². The van der Waals surface area contributed by atoms with Gasteiger partial charge in [-0.15, -0.1) is 0 Å². The zero-order valence-electron chi connectivity index (χ0n) is 8.66. The molecule has 15 heavy (non-hydrogen) atoms. The minimum absolute atomic E-state index is 0.0156. The van der Waals surface area contributed by atoms with Gasteiger partial charge in [-0.1, -0.05) is 12.1 Å². The van der Waals surface area contributed by atoms with E-state index >= 15 is 0 Å².